The van der Waals surface area contributed by atoms with E-state index >= 15 is 0 Å². The maximum absolute atomic E-state index is 13.1. The summed E-state index contributed by atoms with van der Waals surface area (Å²) in [5, 5.41) is 0. The first kappa shape index (κ1) is 13.1. The van der Waals surface area contributed by atoms with Crippen LogP contribution in [0.2, 0.25) is 0 Å². The first-order valence-corrected chi connectivity index (χ1v) is 6.17. The zero-order valence-corrected chi connectivity index (χ0v) is 10.7. The Labute approximate surface area is 106 Å². The number of benzene rings is 1. The molecule has 1 fully saturated rings. The van der Waals surface area contributed by atoms with E-state index in [0.717, 1.165) is 44.1 Å². The van der Waals surface area contributed by atoms with Gasteiger partial charge in [-0.25, -0.2) is 8.78 Å². The zero-order chi connectivity index (χ0) is 13.3. The van der Waals surface area contributed by atoms with E-state index in [-0.39, 0.29) is 11.3 Å². The molecule has 1 heterocycles. The molecular formula is C14H17F2NO. The molecule has 98 valence electrons. The molecular weight excluding hydrogens is 236 g/mol. The van der Waals surface area contributed by atoms with Crippen molar-refractivity contribution in [2.75, 3.05) is 13.1 Å². The topological polar surface area (TPSA) is 20.3 Å². The predicted molar refractivity (Wildman–Crippen MR) is 65.6 cm³/mol. The van der Waals surface area contributed by atoms with E-state index in [4.69, 9.17) is 0 Å². The molecule has 0 radical (unpaired) electrons. The predicted octanol–water partition coefficient (Wildman–Crippen LogP) is 3.02. The van der Waals surface area contributed by atoms with Crippen LogP contribution in [0.15, 0.2) is 18.2 Å². The standard InChI is InChI=1S/C14H17F2NO/c1-14(2,17-5-3-4-6-17)13(18)10-7-11(15)9-12(16)8-10/h7-9H,3-6H2,1-2H3. The van der Waals surface area contributed by atoms with E-state index in [1.807, 2.05) is 13.8 Å². The third-order valence-corrected chi connectivity index (χ3v) is 3.58. The van der Waals surface area contributed by atoms with E-state index in [2.05, 4.69) is 4.90 Å². The molecule has 0 bridgehead atoms. The van der Waals surface area contributed by atoms with Crippen LogP contribution in [0, 0.1) is 11.6 Å². The van der Waals surface area contributed by atoms with Gasteiger partial charge in [0.05, 0.1) is 5.54 Å². The Morgan fingerprint density at radius 3 is 2.11 bits per heavy atom. The number of likely N-dealkylation sites (tertiary alicyclic amines) is 1. The fourth-order valence-corrected chi connectivity index (χ4v) is 2.46. The van der Waals surface area contributed by atoms with Crippen molar-refractivity contribution < 1.29 is 13.6 Å². The molecule has 0 saturated carbocycles. The minimum atomic E-state index is -0.712. The molecule has 18 heavy (non-hydrogen) atoms. The second kappa shape index (κ2) is 4.76. The lowest BCUT2D eigenvalue weighted by molar-refractivity contribution is 0.0701. The lowest BCUT2D eigenvalue weighted by Gasteiger charge is -2.33. The third-order valence-electron chi connectivity index (χ3n) is 3.58. The Balaban J connectivity index is 2.29. The van der Waals surface area contributed by atoms with Crippen LogP contribution in [0.4, 0.5) is 8.78 Å². The number of carbonyl (C=O) groups is 1. The third kappa shape index (κ3) is 2.43. The van der Waals surface area contributed by atoms with Gasteiger partial charge >= 0.3 is 0 Å². The van der Waals surface area contributed by atoms with Gasteiger partial charge in [0.1, 0.15) is 11.6 Å². The van der Waals surface area contributed by atoms with Gasteiger partial charge in [0.25, 0.3) is 0 Å². The molecule has 0 amide bonds. The summed E-state index contributed by atoms with van der Waals surface area (Å²) in [6, 6.07) is 2.98. The molecule has 1 saturated heterocycles. The summed E-state index contributed by atoms with van der Waals surface area (Å²) in [6.45, 7) is 5.33. The summed E-state index contributed by atoms with van der Waals surface area (Å²) >= 11 is 0. The Bertz CT molecular complexity index is 445. The molecule has 2 nitrogen and oxygen atoms in total. The SMILES string of the molecule is CC(C)(C(=O)c1cc(F)cc(F)c1)N1CCCC1. The average molecular weight is 253 g/mol. The van der Waals surface area contributed by atoms with Crippen LogP contribution in [-0.4, -0.2) is 29.3 Å². The van der Waals surface area contributed by atoms with Gasteiger partial charge in [0.15, 0.2) is 5.78 Å². The number of ketones is 1. The van der Waals surface area contributed by atoms with Gasteiger partial charge in [-0.1, -0.05) is 0 Å². The fraction of sp³-hybridized carbons (Fsp3) is 0.500. The highest BCUT2D eigenvalue weighted by molar-refractivity contribution is 6.02. The second-order valence-corrected chi connectivity index (χ2v) is 5.24. The summed E-state index contributed by atoms with van der Waals surface area (Å²) in [6.07, 6.45) is 2.13. The zero-order valence-electron chi connectivity index (χ0n) is 10.7. The average Bonchev–Trinajstić information content (AvgIpc) is 2.80. The van der Waals surface area contributed by atoms with E-state index in [1.54, 1.807) is 0 Å². The molecule has 0 N–H and O–H groups in total. The van der Waals surface area contributed by atoms with Crippen molar-refractivity contribution >= 4 is 5.78 Å². The van der Waals surface area contributed by atoms with Gasteiger partial charge in [-0.2, -0.15) is 0 Å². The van der Waals surface area contributed by atoms with Crippen LogP contribution in [0.25, 0.3) is 0 Å². The molecule has 0 unspecified atom stereocenters. The van der Waals surface area contributed by atoms with E-state index in [0.29, 0.717) is 0 Å². The van der Waals surface area contributed by atoms with Crippen LogP contribution in [0.5, 0.6) is 0 Å². The maximum atomic E-state index is 13.1. The summed E-state index contributed by atoms with van der Waals surface area (Å²) in [4.78, 5) is 14.5. The van der Waals surface area contributed by atoms with Crippen molar-refractivity contribution in [2.24, 2.45) is 0 Å². The first-order chi connectivity index (χ1) is 8.41. The highest BCUT2D eigenvalue weighted by Gasteiger charge is 2.36. The number of nitrogens with zero attached hydrogens (tertiary/aromatic N) is 1. The van der Waals surface area contributed by atoms with Crippen molar-refractivity contribution in [3.05, 3.63) is 35.4 Å². The largest absolute Gasteiger partial charge is 0.292 e. The van der Waals surface area contributed by atoms with Gasteiger partial charge < -0.3 is 0 Å². The lowest BCUT2D eigenvalue weighted by Crippen LogP contribution is -2.48. The van der Waals surface area contributed by atoms with Crippen LogP contribution in [-0.2, 0) is 0 Å². The molecule has 4 heteroatoms. The molecule has 1 aromatic rings. The van der Waals surface area contributed by atoms with Crippen LogP contribution in [0.3, 0.4) is 0 Å². The quantitative estimate of drug-likeness (QED) is 0.772. The van der Waals surface area contributed by atoms with Crippen molar-refractivity contribution in [2.45, 2.75) is 32.2 Å². The smallest absolute Gasteiger partial charge is 0.182 e. The molecule has 2 rings (SSSR count). The van der Waals surface area contributed by atoms with E-state index in [9.17, 15) is 13.6 Å². The molecule has 0 atom stereocenters. The molecule has 0 spiro atoms. The molecule has 0 aromatic heterocycles. The first-order valence-electron chi connectivity index (χ1n) is 6.17. The number of carbonyl (C=O) groups excluding carboxylic acids is 1. The Morgan fingerprint density at radius 1 is 1.11 bits per heavy atom. The Morgan fingerprint density at radius 2 is 1.61 bits per heavy atom. The number of hydrogen-bond acceptors (Lipinski definition) is 2. The Kier molecular flexibility index (Phi) is 3.48. The van der Waals surface area contributed by atoms with Gasteiger partial charge in [0, 0.05) is 11.6 Å². The highest BCUT2D eigenvalue weighted by atomic mass is 19.1. The summed E-state index contributed by atoms with van der Waals surface area (Å²) in [7, 11) is 0. The van der Waals surface area contributed by atoms with Crippen molar-refractivity contribution in [3.63, 3.8) is 0 Å². The number of rotatable bonds is 3. The van der Waals surface area contributed by atoms with Crippen molar-refractivity contribution in [3.8, 4) is 0 Å². The summed E-state index contributed by atoms with van der Waals surface area (Å²) in [5.41, 5.74) is -0.610. The molecule has 1 aromatic carbocycles. The summed E-state index contributed by atoms with van der Waals surface area (Å²) in [5.74, 6) is -1.66. The van der Waals surface area contributed by atoms with Gasteiger partial charge in [-0.3, -0.25) is 9.69 Å². The van der Waals surface area contributed by atoms with Crippen LogP contribution in [0.1, 0.15) is 37.0 Å². The molecule has 0 aliphatic carbocycles. The van der Waals surface area contributed by atoms with Gasteiger partial charge in [-0.15, -0.1) is 0 Å². The van der Waals surface area contributed by atoms with Crippen LogP contribution >= 0.6 is 0 Å². The summed E-state index contributed by atoms with van der Waals surface area (Å²) < 4.78 is 26.3. The number of halogens is 2. The van der Waals surface area contributed by atoms with Crippen molar-refractivity contribution in [1.29, 1.82) is 0 Å². The normalized spacial score (nSPS) is 17.1. The maximum Gasteiger partial charge on any atom is 0.182 e. The fourth-order valence-electron chi connectivity index (χ4n) is 2.46. The van der Waals surface area contributed by atoms with Gasteiger partial charge in [-0.05, 0) is 51.9 Å². The highest BCUT2D eigenvalue weighted by Crippen LogP contribution is 2.25. The second-order valence-electron chi connectivity index (χ2n) is 5.24. The monoisotopic (exact) mass is 253 g/mol. The van der Waals surface area contributed by atoms with Crippen molar-refractivity contribution in [1.82, 2.24) is 4.90 Å². The minimum absolute atomic E-state index is 0.101. The molecule has 1 aliphatic heterocycles. The van der Waals surface area contributed by atoms with E-state index < -0.39 is 17.2 Å². The minimum Gasteiger partial charge on any atom is -0.292 e. The Hall–Kier alpha value is -1.29. The number of hydrogen-bond donors (Lipinski definition) is 0. The molecule has 1 aliphatic rings. The number of Topliss-reactive ketones (excluding diaryl/α,β-unsaturated/α-hetero) is 1. The van der Waals surface area contributed by atoms with Gasteiger partial charge in [0.2, 0.25) is 0 Å². The van der Waals surface area contributed by atoms with Crippen LogP contribution < -0.4 is 0 Å². The lowest BCUT2D eigenvalue weighted by atomic mass is 9.91. The van der Waals surface area contributed by atoms with E-state index in [1.165, 1.54) is 0 Å².